The molecule has 0 N–H and O–H groups in total. The molecular formula is C31H38F4N2O. The highest BCUT2D eigenvalue weighted by molar-refractivity contribution is 5.70. The minimum absolute atomic E-state index is 0.134. The molecule has 1 saturated carbocycles. The second kappa shape index (κ2) is 10.9. The Balaban J connectivity index is 1.11. The van der Waals surface area contributed by atoms with Crippen molar-refractivity contribution in [3.63, 3.8) is 0 Å². The molecule has 2 aliphatic heterocycles. The largest absolute Gasteiger partial charge is 0.493 e. The van der Waals surface area contributed by atoms with Gasteiger partial charge in [0.25, 0.3) is 0 Å². The van der Waals surface area contributed by atoms with Crippen LogP contribution >= 0.6 is 0 Å². The van der Waals surface area contributed by atoms with Gasteiger partial charge in [-0.05, 0) is 80.8 Å². The minimum atomic E-state index is -4.11. The summed E-state index contributed by atoms with van der Waals surface area (Å²) in [5.41, 5.74) is 1.52. The minimum Gasteiger partial charge on any atom is -0.493 e. The molecule has 3 fully saturated rings. The number of halogens is 4. The molecule has 2 heterocycles. The molecule has 3 nitrogen and oxygen atoms in total. The van der Waals surface area contributed by atoms with Gasteiger partial charge in [0.05, 0.1) is 12.0 Å². The summed E-state index contributed by atoms with van der Waals surface area (Å²) in [4.78, 5) is 4.21. The first-order valence-corrected chi connectivity index (χ1v) is 13.9. The van der Waals surface area contributed by atoms with Crippen LogP contribution in [0.1, 0.15) is 51.0 Å². The fourth-order valence-corrected chi connectivity index (χ4v) is 6.11. The molecule has 1 aliphatic carbocycles. The SMILES string of the molecule is C=C(c1ccc(-c2ccc(OCC3CCN(CC4(C(F)(F)F)CCC4)CC3)cc2)c(F)c1)N1CCC(C)C1. The van der Waals surface area contributed by atoms with Crippen molar-refractivity contribution in [3.8, 4) is 16.9 Å². The van der Waals surface area contributed by atoms with E-state index in [9.17, 15) is 13.2 Å². The number of likely N-dealkylation sites (tertiary alicyclic amines) is 2. The predicted molar refractivity (Wildman–Crippen MR) is 143 cm³/mol. The van der Waals surface area contributed by atoms with Crippen LogP contribution in [-0.4, -0.2) is 55.3 Å². The zero-order valence-electron chi connectivity index (χ0n) is 22.2. The zero-order valence-corrected chi connectivity index (χ0v) is 22.2. The van der Waals surface area contributed by atoms with Gasteiger partial charge in [-0.1, -0.05) is 44.2 Å². The Kier molecular flexibility index (Phi) is 7.77. The number of hydrogen-bond acceptors (Lipinski definition) is 3. The lowest BCUT2D eigenvalue weighted by Gasteiger charge is -2.47. The van der Waals surface area contributed by atoms with E-state index in [4.69, 9.17) is 4.74 Å². The molecule has 2 saturated heterocycles. The highest BCUT2D eigenvalue weighted by Gasteiger charge is 2.58. The van der Waals surface area contributed by atoms with E-state index in [1.54, 1.807) is 6.07 Å². The van der Waals surface area contributed by atoms with Gasteiger partial charge < -0.3 is 14.5 Å². The molecule has 1 unspecified atom stereocenters. The van der Waals surface area contributed by atoms with Crippen molar-refractivity contribution in [2.24, 2.45) is 17.3 Å². The van der Waals surface area contributed by atoms with E-state index >= 15 is 4.39 Å². The van der Waals surface area contributed by atoms with Gasteiger partial charge in [-0.15, -0.1) is 0 Å². The molecule has 2 aromatic carbocycles. The summed E-state index contributed by atoms with van der Waals surface area (Å²) in [5.74, 6) is 1.40. The van der Waals surface area contributed by atoms with Gasteiger partial charge in [0.15, 0.2) is 0 Å². The predicted octanol–water partition coefficient (Wildman–Crippen LogP) is 7.63. The third-order valence-corrected chi connectivity index (χ3v) is 8.90. The Hall–Kier alpha value is -2.54. The van der Waals surface area contributed by atoms with Crippen LogP contribution in [0.15, 0.2) is 49.0 Å². The Bertz CT molecular complexity index is 1120. The van der Waals surface area contributed by atoms with E-state index < -0.39 is 11.6 Å². The molecule has 3 aliphatic rings. The summed E-state index contributed by atoms with van der Waals surface area (Å²) in [6.07, 6.45) is -0.0996. The van der Waals surface area contributed by atoms with Crippen molar-refractivity contribution in [1.82, 2.24) is 9.80 Å². The lowest BCUT2D eigenvalue weighted by atomic mass is 9.67. The molecule has 5 rings (SSSR count). The normalized spacial score (nSPS) is 22.3. The van der Waals surface area contributed by atoms with Gasteiger partial charge >= 0.3 is 6.18 Å². The van der Waals surface area contributed by atoms with Crippen LogP contribution in [0.5, 0.6) is 5.75 Å². The van der Waals surface area contributed by atoms with Gasteiger partial charge in [-0.3, -0.25) is 0 Å². The summed E-state index contributed by atoms with van der Waals surface area (Å²) in [6.45, 7) is 10.4. The van der Waals surface area contributed by atoms with Crippen LogP contribution in [0.3, 0.4) is 0 Å². The Morgan fingerprint density at radius 1 is 1.03 bits per heavy atom. The number of ether oxygens (including phenoxy) is 1. The second-order valence-electron chi connectivity index (χ2n) is 11.7. The number of piperidine rings is 1. The fraction of sp³-hybridized carbons (Fsp3) is 0.548. The molecule has 0 aromatic heterocycles. The van der Waals surface area contributed by atoms with Gasteiger partial charge in [-0.25, -0.2) is 4.39 Å². The summed E-state index contributed by atoms with van der Waals surface area (Å²) >= 11 is 0. The van der Waals surface area contributed by atoms with Crippen LogP contribution < -0.4 is 4.74 Å². The van der Waals surface area contributed by atoms with Crippen LogP contribution in [-0.2, 0) is 0 Å². The molecule has 38 heavy (non-hydrogen) atoms. The van der Waals surface area contributed by atoms with Crippen LogP contribution in [0.4, 0.5) is 17.6 Å². The summed E-state index contributed by atoms with van der Waals surface area (Å²) in [7, 11) is 0. The van der Waals surface area contributed by atoms with Crippen molar-refractivity contribution in [2.75, 3.05) is 39.3 Å². The van der Waals surface area contributed by atoms with Crippen LogP contribution in [0.25, 0.3) is 16.8 Å². The van der Waals surface area contributed by atoms with Gasteiger partial charge in [0.2, 0.25) is 0 Å². The first-order valence-electron chi connectivity index (χ1n) is 13.9. The summed E-state index contributed by atoms with van der Waals surface area (Å²) < 4.78 is 61.5. The van der Waals surface area contributed by atoms with Crippen molar-refractivity contribution < 1.29 is 22.3 Å². The van der Waals surface area contributed by atoms with Crippen LogP contribution in [0, 0.1) is 23.1 Å². The number of hydrogen-bond donors (Lipinski definition) is 0. The first kappa shape index (κ1) is 27.0. The highest BCUT2D eigenvalue weighted by Crippen LogP contribution is 2.53. The molecule has 0 spiro atoms. The fourth-order valence-electron chi connectivity index (χ4n) is 6.11. The third kappa shape index (κ3) is 5.73. The van der Waals surface area contributed by atoms with Crippen molar-refractivity contribution in [3.05, 3.63) is 60.4 Å². The van der Waals surface area contributed by atoms with E-state index in [1.807, 2.05) is 41.3 Å². The average Bonchev–Trinajstić information content (AvgIpc) is 3.31. The van der Waals surface area contributed by atoms with E-state index in [-0.39, 0.29) is 25.2 Å². The van der Waals surface area contributed by atoms with Crippen LogP contribution in [0.2, 0.25) is 0 Å². The van der Waals surface area contributed by atoms with E-state index in [2.05, 4.69) is 18.4 Å². The number of benzene rings is 2. The lowest BCUT2D eigenvalue weighted by molar-refractivity contribution is -0.256. The van der Waals surface area contributed by atoms with Crippen molar-refractivity contribution in [1.29, 1.82) is 0 Å². The van der Waals surface area contributed by atoms with Crippen molar-refractivity contribution >= 4 is 5.70 Å². The van der Waals surface area contributed by atoms with Gasteiger partial charge in [0.1, 0.15) is 11.6 Å². The molecule has 0 radical (unpaired) electrons. The maximum Gasteiger partial charge on any atom is 0.395 e. The molecule has 7 heteroatoms. The van der Waals surface area contributed by atoms with E-state index in [0.29, 0.717) is 43.5 Å². The highest BCUT2D eigenvalue weighted by atomic mass is 19.4. The molecule has 206 valence electrons. The molecule has 2 aromatic rings. The topological polar surface area (TPSA) is 15.7 Å². The Morgan fingerprint density at radius 2 is 1.74 bits per heavy atom. The average molecular weight is 531 g/mol. The second-order valence-corrected chi connectivity index (χ2v) is 11.7. The van der Waals surface area contributed by atoms with E-state index in [0.717, 1.165) is 54.9 Å². The smallest absolute Gasteiger partial charge is 0.395 e. The summed E-state index contributed by atoms with van der Waals surface area (Å²) in [6, 6.07) is 12.7. The Labute approximate surface area is 223 Å². The number of rotatable bonds is 8. The van der Waals surface area contributed by atoms with Gasteiger partial charge in [-0.2, -0.15) is 13.2 Å². The molecular weight excluding hydrogens is 492 g/mol. The zero-order chi connectivity index (χ0) is 26.9. The summed E-state index contributed by atoms with van der Waals surface area (Å²) in [5, 5.41) is 0. The van der Waals surface area contributed by atoms with Gasteiger partial charge in [0, 0.05) is 36.5 Å². The maximum absolute atomic E-state index is 15.0. The third-order valence-electron chi connectivity index (χ3n) is 8.90. The first-order chi connectivity index (χ1) is 18.1. The Morgan fingerprint density at radius 3 is 2.29 bits per heavy atom. The standard InChI is InChI=1S/C31H38F4N2O/c1-22-10-17-37(19-22)23(2)26-6-9-28(29(32)18-26)25-4-7-27(8-5-25)38-20-24-11-15-36(16-12-24)21-30(13-3-14-30)31(33,34)35/h4-9,18,22,24H,2-3,10-17,19-21H2,1H3. The number of alkyl halides is 3. The quantitative estimate of drug-likeness (QED) is 0.327. The molecule has 1 atom stereocenters. The molecule has 0 bridgehead atoms. The lowest BCUT2D eigenvalue weighted by Crippen LogP contribution is -2.53. The van der Waals surface area contributed by atoms with Crippen molar-refractivity contribution in [2.45, 2.75) is 51.6 Å². The van der Waals surface area contributed by atoms with E-state index in [1.165, 1.54) is 0 Å². The molecule has 0 amide bonds. The maximum atomic E-state index is 15.0. The monoisotopic (exact) mass is 530 g/mol. The number of nitrogens with zero attached hydrogens (tertiary/aromatic N) is 2.